The molecule has 12 atom stereocenters. The van der Waals surface area contributed by atoms with Crippen molar-refractivity contribution in [3.8, 4) is 0 Å². The maximum Gasteiger partial charge on any atom is 0.338 e. The van der Waals surface area contributed by atoms with Crippen LogP contribution in [-0.4, -0.2) is 101 Å². The number of nitrogens with zero attached hydrogens (tertiary/aromatic N) is 1. The van der Waals surface area contributed by atoms with Crippen LogP contribution in [0.2, 0.25) is 0 Å². The number of piperidine rings is 1. The minimum atomic E-state index is -1.16. The summed E-state index contributed by atoms with van der Waals surface area (Å²) in [6.07, 6.45) is 3.23. The third-order valence-corrected chi connectivity index (χ3v) is 12.4. The van der Waals surface area contributed by atoms with Crippen LogP contribution in [0.3, 0.4) is 0 Å². The van der Waals surface area contributed by atoms with Crippen LogP contribution in [0.1, 0.15) is 43.5 Å². The number of benzene rings is 1. The number of methoxy groups -OCH3 is 4. The topological polar surface area (TPSA) is 92.8 Å². The van der Waals surface area contributed by atoms with Crippen LogP contribution in [-0.2, 0) is 33.2 Å². The highest BCUT2D eigenvalue weighted by Gasteiger charge is 2.85. The van der Waals surface area contributed by atoms with E-state index in [1.807, 2.05) is 32.4 Å². The molecule has 0 N–H and O–H groups in total. The Bertz CT molecular complexity index is 1300. The van der Waals surface area contributed by atoms with Crippen molar-refractivity contribution >= 4 is 11.9 Å². The second kappa shape index (κ2) is 10.4. The molecule has 5 aliphatic carbocycles. The summed E-state index contributed by atoms with van der Waals surface area (Å²) >= 11 is 0. The van der Waals surface area contributed by atoms with E-state index in [4.69, 9.17) is 28.4 Å². The molecule has 0 aromatic heterocycles. The lowest BCUT2D eigenvalue weighted by Gasteiger charge is -2.67. The van der Waals surface area contributed by atoms with Gasteiger partial charge in [0.25, 0.3) is 0 Å². The van der Waals surface area contributed by atoms with Gasteiger partial charge in [0.05, 0.1) is 24.4 Å². The van der Waals surface area contributed by atoms with Gasteiger partial charge in [-0.1, -0.05) is 36.8 Å². The van der Waals surface area contributed by atoms with Crippen molar-refractivity contribution in [2.24, 2.45) is 34.5 Å². The zero-order valence-corrected chi connectivity index (χ0v) is 26.1. The van der Waals surface area contributed by atoms with Crippen LogP contribution in [0, 0.1) is 34.5 Å². The SMILES string of the molecule is CCN1C[C@]2(COC)CC[C@H](OC)[C@@]34C5C[C@]6(OC(C)=O)[C@@H](OC)C=C(C(C(OC)C23)C14)C5[C@H]6OC(=O)c1ccccc1. The molecular weight excluding hydrogens is 550 g/mol. The van der Waals surface area contributed by atoms with Crippen LogP contribution < -0.4 is 0 Å². The number of hydrogen-bond donors (Lipinski definition) is 0. The van der Waals surface area contributed by atoms with Gasteiger partial charge in [0.15, 0.2) is 11.7 Å². The maximum atomic E-state index is 13.7. The van der Waals surface area contributed by atoms with E-state index in [9.17, 15) is 9.59 Å². The molecule has 1 spiro atoms. The molecule has 6 aliphatic rings. The molecule has 1 heterocycles. The number of hydrogen-bond acceptors (Lipinski definition) is 9. The number of carbonyl (C=O) groups excluding carboxylic acids is 2. The number of carbonyl (C=O) groups is 2. The summed E-state index contributed by atoms with van der Waals surface area (Å²) in [5, 5.41) is 0. The monoisotopic (exact) mass is 595 g/mol. The van der Waals surface area contributed by atoms with E-state index < -0.39 is 29.7 Å². The lowest BCUT2D eigenvalue weighted by atomic mass is 9.44. The van der Waals surface area contributed by atoms with Gasteiger partial charge in [-0.25, -0.2) is 4.79 Å². The number of ether oxygens (including phenoxy) is 6. The molecule has 7 rings (SSSR count). The summed E-state index contributed by atoms with van der Waals surface area (Å²) in [5.74, 6) is -0.767. The van der Waals surface area contributed by atoms with E-state index in [0.717, 1.165) is 25.9 Å². The number of rotatable bonds is 9. The van der Waals surface area contributed by atoms with Crippen LogP contribution in [0.5, 0.6) is 0 Å². The van der Waals surface area contributed by atoms with E-state index in [0.29, 0.717) is 18.6 Å². The molecule has 1 aromatic rings. The third-order valence-electron chi connectivity index (χ3n) is 12.4. The Balaban J connectivity index is 1.46. The zero-order chi connectivity index (χ0) is 30.3. The number of esters is 2. The summed E-state index contributed by atoms with van der Waals surface area (Å²) in [7, 11) is 7.13. The molecule has 0 radical (unpaired) electrons. The molecule has 7 bridgehead atoms. The molecule has 9 nitrogen and oxygen atoms in total. The lowest BCUT2D eigenvalue weighted by Crippen LogP contribution is -2.73. The first-order valence-electron chi connectivity index (χ1n) is 15.8. The second-order valence-corrected chi connectivity index (χ2v) is 13.7. The summed E-state index contributed by atoms with van der Waals surface area (Å²) in [6, 6.07) is 9.21. The minimum absolute atomic E-state index is 0.00838. The predicted molar refractivity (Wildman–Crippen MR) is 156 cm³/mol. The van der Waals surface area contributed by atoms with Gasteiger partial charge in [0, 0.05) is 76.5 Å². The van der Waals surface area contributed by atoms with Gasteiger partial charge in [0.2, 0.25) is 0 Å². The van der Waals surface area contributed by atoms with Gasteiger partial charge in [-0.15, -0.1) is 0 Å². The fourth-order valence-electron chi connectivity index (χ4n) is 11.6. The quantitative estimate of drug-likeness (QED) is 0.314. The van der Waals surface area contributed by atoms with Gasteiger partial charge in [-0.05, 0) is 43.9 Å². The van der Waals surface area contributed by atoms with E-state index in [2.05, 4.69) is 17.9 Å². The zero-order valence-electron chi connectivity index (χ0n) is 26.1. The number of likely N-dealkylation sites (tertiary alicyclic amines) is 1. The van der Waals surface area contributed by atoms with Crippen molar-refractivity contribution in [3.63, 3.8) is 0 Å². The first kappa shape index (κ1) is 29.4. The highest BCUT2D eigenvalue weighted by atomic mass is 16.6. The molecule has 5 fully saturated rings. The van der Waals surface area contributed by atoms with Crippen LogP contribution in [0.25, 0.3) is 0 Å². The average molecular weight is 596 g/mol. The van der Waals surface area contributed by atoms with Gasteiger partial charge in [0.1, 0.15) is 6.10 Å². The van der Waals surface area contributed by atoms with E-state index in [1.165, 1.54) is 12.5 Å². The van der Waals surface area contributed by atoms with Gasteiger partial charge in [-0.2, -0.15) is 0 Å². The molecular formula is C34H45NO8. The second-order valence-electron chi connectivity index (χ2n) is 13.7. The molecule has 43 heavy (non-hydrogen) atoms. The molecule has 0 amide bonds. The summed E-state index contributed by atoms with van der Waals surface area (Å²) in [4.78, 5) is 29.3. The lowest BCUT2D eigenvalue weighted by molar-refractivity contribution is -0.242. The highest BCUT2D eigenvalue weighted by Crippen LogP contribution is 2.78. The Morgan fingerprint density at radius 2 is 1.79 bits per heavy atom. The van der Waals surface area contributed by atoms with Crippen molar-refractivity contribution in [3.05, 3.63) is 47.5 Å². The summed E-state index contributed by atoms with van der Waals surface area (Å²) in [5.41, 5.74) is 0.0802. The normalized spacial score (nSPS) is 45.4. The number of fused-ring (bicyclic) bond motifs is 2. The Morgan fingerprint density at radius 3 is 2.42 bits per heavy atom. The van der Waals surface area contributed by atoms with Crippen molar-refractivity contribution in [2.75, 3.05) is 48.1 Å². The summed E-state index contributed by atoms with van der Waals surface area (Å²) < 4.78 is 38.1. The molecule has 4 saturated carbocycles. The Kier molecular flexibility index (Phi) is 7.10. The third kappa shape index (κ3) is 3.63. The molecule has 1 aromatic carbocycles. The first-order chi connectivity index (χ1) is 20.8. The minimum Gasteiger partial charge on any atom is -0.454 e. The van der Waals surface area contributed by atoms with Crippen molar-refractivity contribution in [1.29, 1.82) is 0 Å². The van der Waals surface area contributed by atoms with Crippen molar-refractivity contribution in [2.45, 2.75) is 69.2 Å². The van der Waals surface area contributed by atoms with Crippen molar-refractivity contribution < 1.29 is 38.0 Å². The summed E-state index contributed by atoms with van der Waals surface area (Å²) in [6.45, 7) is 6.16. The van der Waals surface area contributed by atoms with Crippen LogP contribution in [0.15, 0.2) is 42.0 Å². The molecule has 1 saturated heterocycles. The Labute approximate surface area is 254 Å². The fourth-order valence-corrected chi connectivity index (χ4v) is 11.6. The Hall–Kier alpha value is -2.30. The predicted octanol–water partition coefficient (Wildman–Crippen LogP) is 3.51. The van der Waals surface area contributed by atoms with Crippen LogP contribution in [0.4, 0.5) is 0 Å². The highest BCUT2D eigenvalue weighted by molar-refractivity contribution is 5.89. The van der Waals surface area contributed by atoms with Gasteiger partial charge < -0.3 is 28.4 Å². The Morgan fingerprint density at radius 1 is 1.02 bits per heavy atom. The van der Waals surface area contributed by atoms with E-state index >= 15 is 0 Å². The van der Waals surface area contributed by atoms with Crippen molar-refractivity contribution in [1.82, 2.24) is 4.90 Å². The maximum absolute atomic E-state index is 13.7. The van der Waals surface area contributed by atoms with E-state index in [-0.39, 0.29) is 52.8 Å². The standard InChI is InChI=1S/C34H45NO8/c1-7-35-17-32(18-38-3)14-13-23(39-4)34-22-16-33(43-19(2)36)24(40-5)15-21(26(29(34)35)27(41-6)28(32)34)25(22)30(33)42-31(37)20-11-9-8-10-12-20/h8-12,15,22-30H,7,13-14,16-18H2,1-6H3/t22?,23-,24-,25?,26?,27?,28?,29?,30+,32-,33-,34-/m0/s1. The smallest absolute Gasteiger partial charge is 0.338 e. The largest absolute Gasteiger partial charge is 0.454 e. The molecule has 234 valence electrons. The van der Waals surface area contributed by atoms with Gasteiger partial charge >= 0.3 is 11.9 Å². The van der Waals surface area contributed by atoms with E-state index in [1.54, 1.807) is 26.4 Å². The molecule has 6 unspecified atom stereocenters. The van der Waals surface area contributed by atoms with Gasteiger partial charge in [-0.3, -0.25) is 9.69 Å². The molecule has 9 heteroatoms. The fraction of sp³-hybridized carbons (Fsp3) is 0.706. The van der Waals surface area contributed by atoms with Crippen LogP contribution >= 0.6 is 0 Å². The first-order valence-corrected chi connectivity index (χ1v) is 15.8. The molecule has 1 aliphatic heterocycles. The average Bonchev–Trinajstić information content (AvgIpc) is 3.35.